The monoisotopic (exact) mass is 318 g/mol. The molecule has 0 saturated heterocycles. The van der Waals surface area contributed by atoms with Gasteiger partial charge in [-0.2, -0.15) is 0 Å². The van der Waals surface area contributed by atoms with Crippen molar-refractivity contribution in [3.63, 3.8) is 0 Å². The van der Waals surface area contributed by atoms with Gasteiger partial charge in [0.05, 0.1) is 10.3 Å². The lowest BCUT2D eigenvalue weighted by Gasteiger charge is -2.27. The van der Waals surface area contributed by atoms with Crippen LogP contribution in [-0.4, -0.2) is 10.6 Å². The van der Waals surface area contributed by atoms with E-state index >= 15 is 0 Å². The molecule has 1 nitrogen and oxygen atoms in total. The molecule has 0 amide bonds. The Hall–Kier alpha value is -2.32. The number of thiocarbonyl (C=S) groups is 1. The van der Waals surface area contributed by atoms with Crippen molar-refractivity contribution in [2.75, 3.05) is 0 Å². The number of hydrogen-bond acceptors (Lipinski definition) is 2. The first-order valence-corrected chi connectivity index (χ1v) is 8.10. The second kappa shape index (κ2) is 6.43. The second-order valence-electron chi connectivity index (χ2n) is 6.00. The van der Waals surface area contributed by atoms with E-state index in [1.54, 1.807) is 0 Å². The zero-order chi connectivity index (χ0) is 16.3. The Kier molecular flexibility index (Phi) is 4.35. The first-order valence-electron chi connectivity index (χ1n) is 7.69. The number of carbonyl (C=O) groups excluding carboxylic acids is 1. The standard InChI is InChI=1S/C21H18OS/c1-21(20(22)18-10-6-3-7-11-18)14-12-17(13-15-21)19(23)16-8-4-2-5-9-16/h2-14H,15H2,1H3. The maximum Gasteiger partial charge on any atom is 0.172 e. The van der Waals surface area contributed by atoms with Crippen molar-refractivity contribution in [1.29, 1.82) is 0 Å². The number of carbonyl (C=O) groups is 1. The van der Waals surface area contributed by atoms with Crippen LogP contribution in [0.25, 0.3) is 0 Å². The molecule has 2 heteroatoms. The molecule has 0 saturated carbocycles. The van der Waals surface area contributed by atoms with Gasteiger partial charge in [0.15, 0.2) is 5.78 Å². The summed E-state index contributed by atoms with van der Waals surface area (Å²) in [6.07, 6.45) is 6.72. The molecule has 0 radical (unpaired) electrons. The van der Waals surface area contributed by atoms with E-state index in [4.69, 9.17) is 12.2 Å². The quantitative estimate of drug-likeness (QED) is 0.571. The number of allylic oxidation sites excluding steroid dienone is 4. The van der Waals surface area contributed by atoms with Gasteiger partial charge in [-0.3, -0.25) is 4.79 Å². The molecule has 2 aromatic carbocycles. The van der Waals surface area contributed by atoms with E-state index in [1.807, 2.05) is 79.7 Å². The van der Waals surface area contributed by atoms with Crippen LogP contribution in [-0.2, 0) is 0 Å². The smallest absolute Gasteiger partial charge is 0.172 e. The lowest BCUT2D eigenvalue weighted by Crippen LogP contribution is -2.27. The lowest BCUT2D eigenvalue weighted by molar-refractivity contribution is 0.0870. The normalized spacial score (nSPS) is 20.0. The van der Waals surface area contributed by atoms with Gasteiger partial charge in [-0.1, -0.05) is 91.1 Å². The van der Waals surface area contributed by atoms with Crippen LogP contribution in [0.5, 0.6) is 0 Å². The molecule has 0 spiro atoms. The van der Waals surface area contributed by atoms with E-state index in [0.717, 1.165) is 21.6 Å². The Morgan fingerprint density at radius 3 is 2.04 bits per heavy atom. The summed E-state index contributed by atoms with van der Waals surface area (Å²) in [7, 11) is 0. The molecule has 0 aromatic heterocycles. The molecular weight excluding hydrogens is 300 g/mol. The highest BCUT2D eigenvalue weighted by atomic mass is 32.1. The predicted octanol–water partition coefficient (Wildman–Crippen LogP) is 5.18. The van der Waals surface area contributed by atoms with Crippen molar-refractivity contribution in [3.05, 3.63) is 95.6 Å². The van der Waals surface area contributed by atoms with Gasteiger partial charge in [-0.15, -0.1) is 0 Å². The third-order valence-corrected chi connectivity index (χ3v) is 4.70. The average molecular weight is 318 g/mol. The Labute approximate surface area is 142 Å². The molecule has 2 aromatic rings. The van der Waals surface area contributed by atoms with Crippen LogP contribution in [0.4, 0.5) is 0 Å². The minimum Gasteiger partial charge on any atom is -0.293 e. The lowest BCUT2D eigenvalue weighted by atomic mass is 9.75. The van der Waals surface area contributed by atoms with Crippen LogP contribution in [0, 0.1) is 5.41 Å². The summed E-state index contributed by atoms with van der Waals surface area (Å²) in [6, 6.07) is 19.4. The molecule has 1 aliphatic rings. The fourth-order valence-electron chi connectivity index (χ4n) is 2.74. The van der Waals surface area contributed by atoms with E-state index < -0.39 is 5.41 Å². The van der Waals surface area contributed by atoms with Crippen LogP contribution >= 0.6 is 12.2 Å². The van der Waals surface area contributed by atoms with Crippen LogP contribution in [0.2, 0.25) is 0 Å². The number of Topliss-reactive ketones (excluding diaryl/α,β-unsaturated/α-hetero) is 1. The Balaban J connectivity index is 1.79. The molecular formula is C21H18OS. The number of hydrogen-bond donors (Lipinski definition) is 0. The summed E-state index contributed by atoms with van der Waals surface area (Å²) in [6.45, 7) is 1.98. The van der Waals surface area contributed by atoms with E-state index in [0.29, 0.717) is 6.42 Å². The molecule has 0 aliphatic heterocycles. The summed E-state index contributed by atoms with van der Waals surface area (Å²) in [5.74, 6) is 0.148. The number of rotatable bonds is 4. The first kappa shape index (κ1) is 15.6. The van der Waals surface area contributed by atoms with Crippen LogP contribution < -0.4 is 0 Å². The summed E-state index contributed by atoms with van der Waals surface area (Å²) >= 11 is 5.57. The molecule has 3 rings (SSSR count). The van der Waals surface area contributed by atoms with Crippen molar-refractivity contribution in [1.82, 2.24) is 0 Å². The average Bonchev–Trinajstić information content (AvgIpc) is 2.62. The minimum atomic E-state index is -0.503. The summed E-state index contributed by atoms with van der Waals surface area (Å²) in [5, 5.41) is 0. The maximum atomic E-state index is 12.8. The highest BCUT2D eigenvalue weighted by molar-refractivity contribution is 7.81. The molecule has 0 heterocycles. The Morgan fingerprint density at radius 2 is 1.52 bits per heavy atom. The molecule has 23 heavy (non-hydrogen) atoms. The maximum absolute atomic E-state index is 12.8. The van der Waals surface area contributed by atoms with Crippen LogP contribution in [0.3, 0.4) is 0 Å². The summed E-state index contributed by atoms with van der Waals surface area (Å²) in [4.78, 5) is 13.6. The fraction of sp³-hybridized carbons (Fsp3) is 0.143. The predicted molar refractivity (Wildman–Crippen MR) is 98.9 cm³/mol. The minimum absolute atomic E-state index is 0.148. The molecule has 0 N–H and O–H groups in total. The van der Waals surface area contributed by atoms with Gasteiger partial charge < -0.3 is 0 Å². The molecule has 0 fully saturated rings. The highest BCUT2D eigenvalue weighted by Gasteiger charge is 2.32. The van der Waals surface area contributed by atoms with Gasteiger partial charge in [-0.25, -0.2) is 0 Å². The van der Waals surface area contributed by atoms with E-state index in [1.165, 1.54) is 0 Å². The number of benzene rings is 2. The third-order valence-electron chi connectivity index (χ3n) is 4.23. The fourth-order valence-corrected chi connectivity index (χ4v) is 3.03. The first-order chi connectivity index (χ1) is 11.1. The van der Waals surface area contributed by atoms with Gasteiger partial charge in [0.2, 0.25) is 0 Å². The summed E-state index contributed by atoms with van der Waals surface area (Å²) < 4.78 is 0. The van der Waals surface area contributed by atoms with Gasteiger partial charge in [0, 0.05) is 5.56 Å². The van der Waals surface area contributed by atoms with Crippen LogP contribution in [0.1, 0.15) is 29.3 Å². The summed E-state index contributed by atoms with van der Waals surface area (Å²) in [5.41, 5.74) is 2.31. The number of ketones is 1. The third kappa shape index (κ3) is 3.22. The van der Waals surface area contributed by atoms with Crippen LogP contribution in [0.15, 0.2) is 84.5 Å². The second-order valence-corrected chi connectivity index (χ2v) is 6.41. The molecule has 114 valence electrons. The van der Waals surface area contributed by atoms with Crippen molar-refractivity contribution < 1.29 is 4.79 Å². The van der Waals surface area contributed by atoms with E-state index in [2.05, 4.69) is 6.08 Å². The van der Waals surface area contributed by atoms with Gasteiger partial charge >= 0.3 is 0 Å². The Morgan fingerprint density at radius 1 is 0.957 bits per heavy atom. The van der Waals surface area contributed by atoms with Crippen molar-refractivity contribution in [2.24, 2.45) is 5.41 Å². The van der Waals surface area contributed by atoms with Crippen molar-refractivity contribution in [2.45, 2.75) is 13.3 Å². The van der Waals surface area contributed by atoms with E-state index in [9.17, 15) is 4.79 Å². The van der Waals surface area contributed by atoms with Gasteiger partial charge in [0.25, 0.3) is 0 Å². The molecule has 1 unspecified atom stereocenters. The molecule has 1 atom stereocenters. The van der Waals surface area contributed by atoms with Crippen molar-refractivity contribution >= 4 is 22.9 Å². The Bertz CT molecular complexity index is 787. The topological polar surface area (TPSA) is 17.1 Å². The van der Waals surface area contributed by atoms with Crippen molar-refractivity contribution in [3.8, 4) is 0 Å². The zero-order valence-electron chi connectivity index (χ0n) is 13.0. The van der Waals surface area contributed by atoms with E-state index in [-0.39, 0.29) is 5.78 Å². The van der Waals surface area contributed by atoms with Gasteiger partial charge in [-0.05, 0) is 24.5 Å². The molecule has 1 aliphatic carbocycles. The molecule has 0 bridgehead atoms. The SMILES string of the molecule is CC1(C(=O)c2ccccc2)C=CC(C(=S)c2ccccc2)=CC1. The highest BCUT2D eigenvalue weighted by Crippen LogP contribution is 2.34. The van der Waals surface area contributed by atoms with Gasteiger partial charge in [0.1, 0.15) is 0 Å². The largest absolute Gasteiger partial charge is 0.293 e. The zero-order valence-corrected chi connectivity index (χ0v) is 13.8.